The Balaban J connectivity index is 1.51. The second kappa shape index (κ2) is 11.6. The quantitative estimate of drug-likeness (QED) is 0.467. The number of aryl methyl sites for hydroxylation is 3. The van der Waals surface area contributed by atoms with Crippen LogP contribution in [0.25, 0.3) is 0 Å². The number of rotatable bonds is 3. The van der Waals surface area contributed by atoms with E-state index in [-0.39, 0.29) is 37.0 Å². The molecule has 224 valence electrons. The smallest absolute Gasteiger partial charge is 0.258 e. The van der Waals surface area contributed by atoms with Gasteiger partial charge in [-0.05, 0) is 50.6 Å². The maximum Gasteiger partial charge on any atom is 0.258 e. The van der Waals surface area contributed by atoms with E-state index in [9.17, 15) is 18.0 Å². The lowest BCUT2D eigenvalue weighted by Crippen LogP contribution is -2.58. The first-order valence-corrected chi connectivity index (χ1v) is 15.1. The van der Waals surface area contributed by atoms with Crippen molar-refractivity contribution >= 4 is 21.8 Å². The van der Waals surface area contributed by atoms with E-state index in [1.807, 2.05) is 6.92 Å². The first kappa shape index (κ1) is 29.4. The van der Waals surface area contributed by atoms with E-state index in [1.165, 1.54) is 11.4 Å². The highest BCUT2D eigenvalue weighted by Crippen LogP contribution is 2.30. The summed E-state index contributed by atoms with van der Waals surface area (Å²) >= 11 is 0. The topological polar surface area (TPSA) is 141 Å². The normalized spacial score (nSPS) is 20.0. The van der Waals surface area contributed by atoms with Gasteiger partial charge in [0.2, 0.25) is 10.0 Å². The molecule has 2 N–H and O–H groups in total. The number of hydrogen-bond donors (Lipinski definition) is 2. The summed E-state index contributed by atoms with van der Waals surface area (Å²) in [5.41, 5.74) is 2.76. The Morgan fingerprint density at radius 2 is 1.88 bits per heavy atom. The van der Waals surface area contributed by atoms with Crippen LogP contribution >= 0.6 is 0 Å². The molecule has 4 bridgehead atoms. The molecule has 12 nitrogen and oxygen atoms in total. The van der Waals surface area contributed by atoms with Gasteiger partial charge in [0.1, 0.15) is 28.2 Å². The Morgan fingerprint density at radius 3 is 2.60 bits per heavy atom. The summed E-state index contributed by atoms with van der Waals surface area (Å²) in [4.78, 5) is 26.2. The maximum atomic E-state index is 13.8. The van der Waals surface area contributed by atoms with Gasteiger partial charge in [0.15, 0.2) is 6.61 Å². The number of aromatic nitrogens is 2. The zero-order valence-electron chi connectivity index (χ0n) is 24.3. The molecule has 42 heavy (non-hydrogen) atoms. The lowest BCUT2D eigenvalue weighted by molar-refractivity contribution is -0.123. The maximum absolute atomic E-state index is 13.8. The zero-order valence-corrected chi connectivity index (χ0v) is 25.1. The third-order valence-corrected chi connectivity index (χ3v) is 9.82. The molecule has 0 radical (unpaired) electrons. The molecule has 2 amide bonds. The largest absolute Gasteiger partial charge is 0.496 e. The molecular weight excluding hydrogens is 562 g/mol. The molecule has 0 unspecified atom stereocenters. The number of piperidine rings is 1. The SMILES string of the molecule is COc1cc2ccc1CNC(=O)COc1cc(ccc1C)C(=O)N[C@H]1CN(S(=O)(=O)c3c(C)nn(C)c3C)CC[C@H]1O2. The monoisotopic (exact) mass is 597 g/mol. The van der Waals surface area contributed by atoms with Gasteiger partial charge in [-0.1, -0.05) is 6.07 Å². The van der Waals surface area contributed by atoms with Gasteiger partial charge < -0.3 is 24.8 Å². The minimum absolute atomic E-state index is 0.00459. The number of fused-ring (bicyclic) bond motifs is 7. The Morgan fingerprint density at radius 1 is 1.10 bits per heavy atom. The highest BCUT2D eigenvalue weighted by Gasteiger charge is 2.40. The van der Waals surface area contributed by atoms with Crippen molar-refractivity contribution in [1.29, 1.82) is 0 Å². The minimum Gasteiger partial charge on any atom is -0.496 e. The predicted molar refractivity (Wildman–Crippen MR) is 153 cm³/mol. The van der Waals surface area contributed by atoms with Gasteiger partial charge in [0, 0.05) is 50.3 Å². The summed E-state index contributed by atoms with van der Waals surface area (Å²) < 4.78 is 48.2. The number of benzene rings is 2. The molecule has 4 heterocycles. The first-order chi connectivity index (χ1) is 20.0. The summed E-state index contributed by atoms with van der Waals surface area (Å²) in [6, 6.07) is 9.55. The van der Waals surface area contributed by atoms with Gasteiger partial charge >= 0.3 is 0 Å². The second-order valence-electron chi connectivity index (χ2n) is 10.5. The van der Waals surface area contributed by atoms with Gasteiger partial charge in [0.25, 0.3) is 11.8 Å². The van der Waals surface area contributed by atoms with Crippen LogP contribution in [-0.2, 0) is 28.4 Å². The molecule has 0 aliphatic carbocycles. The zero-order chi connectivity index (χ0) is 30.2. The summed E-state index contributed by atoms with van der Waals surface area (Å²) in [5.74, 6) is 0.651. The molecule has 1 saturated heterocycles. The first-order valence-electron chi connectivity index (χ1n) is 13.6. The molecule has 6 rings (SSSR count). The van der Waals surface area contributed by atoms with Crippen molar-refractivity contribution in [3.05, 3.63) is 64.5 Å². The fraction of sp³-hybridized carbons (Fsp3) is 0.414. The van der Waals surface area contributed by atoms with E-state index in [0.29, 0.717) is 40.6 Å². The van der Waals surface area contributed by atoms with Crippen molar-refractivity contribution in [3.63, 3.8) is 0 Å². The van der Waals surface area contributed by atoms with Crippen LogP contribution < -0.4 is 24.8 Å². The Bertz CT molecular complexity index is 1640. The van der Waals surface area contributed by atoms with Crippen molar-refractivity contribution in [2.75, 3.05) is 26.8 Å². The van der Waals surface area contributed by atoms with Gasteiger partial charge in [-0.15, -0.1) is 0 Å². The molecule has 0 saturated carbocycles. The molecule has 3 aliphatic heterocycles. The minimum atomic E-state index is -3.91. The Hall–Kier alpha value is -4.10. The van der Waals surface area contributed by atoms with Crippen molar-refractivity contribution in [3.8, 4) is 17.2 Å². The fourth-order valence-electron chi connectivity index (χ4n) is 5.31. The number of ether oxygens (including phenoxy) is 3. The molecule has 2 atom stereocenters. The molecule has 13 heteroatoms. The summed E-state index contributed by atoms with van der Waals surface area (Å²) in [5, 5.41) is 10.1. The van der Waals surface area contributed by atoms with E-state index in [4.69, 9.17) is 14.2 Å². The van der Waals surface area contributed by atoms with E-state index in [0.717, 1.165) is 11.1 Å². The molecule has 0 spiro atoms. The van der Waals surface area contributed by atoms with Crippen LogP contribution in [0.2, 0.25) is 0 Å². The van der Waals surface area contributed by atoms with Crippen molar-refractivity contribution < 1.29 is 32.2 Å². The lowest BCUT2D eigenvalue weighted by Gasteiger charge is -2.38. The lowest BCUT2D eigenvalue weighted by atomic mass is 10.0. The number of amides is 2. The molecule has 3 aromatic rings. The van der Waals surface area contributed by atoms with E-state index >= 15 is 0 Å². The van der Waals surface area contributed by atoms with Crippen LogP contribution in [0.3, 0.4) is 0 Å². The molecule has 2 aromatic carbocycles. The Kier molecular flexibility index (Phi) is 8.15. The van der Waals surface area contributed by atoms with Crippen molar-refractivity contribution in [1.82, 2.24) is 24.7 Å². The molecular formula is C29H35N5O7S. The number of carbonyl (C=O) groups is 2. The van der Waals surface area contributed by atoms with Crippen LogP contribution in [0, 0.1) is 20.8 Å². The van der Waals surface area contributed by atoms with Crippen molar-refractivity contribution in [2.24, 2.45) is 7.05 Å². The molecule has 1 fully saturated rings. The standard InChI is InChI=1S/C29H35N5O7S/c1-17-6-7-20-12-25(17)40-16-27(35)30-14-21-8-9-22(13-26(21)39-5)41-24-10-11-34(15-23(24)31-29(20)36)42(37,38)28-18(2)32-33(4)19(28)3/h6-9,12-13,23-24H,10-11,14-16H2,1-5H3,(H,30,35)(H,31,36)/t23-,24+/m0/s1. The highest BCUT2D eigenvalue weighted by atomic mass is 32.2. The van der Waals surface area contributed by atoms with Crippen LogP contribution in [0.15, 0.2) is 41.3 Å². The van der Waals surface area contributed by atoms with E-state index < -0.39 is 28.1 Å². The fourth-order valence-corrected chi connectivity index (χ4v) is 7.19. The number of nitrogens with one attached hydrogen (secondary N) is 2. The van der Waals surface area contributed by atoms with Gasteiger partial charge in [-0.2, -0.15) is 9.40 Å². The third kappa shape index (κ3) is 5.79. The number of methoxy groups -OCH3 is 1. The number of sulfonamides is 1. The number of carbonyl (C=O) groups excluding carboxylic acids is 2. The van der Waals surface area contributed by atoms with Gasteiger partial charge in [-0.3, -0.25) is 14.3 Å². The van der Waals surface area contributed by atoms with Crippen LogP contribution in [-0.4, -0.2) is 73.3 Å². The Labute approximate surface area is 245 Å². The highest BCUT2D eigenvalue weighted by molar-refractivity contribution is 7.89. The van der Waals surface area contributed by atoms with Crippen LogP contribution in [0.4, 0.5) is 0 Å². The average molecular weight is 598 g/mol. The number of nitrogens with zero attached hydrogens (tertiary/aromatic N) is 3. The summed E-state index contributed by atoms with van der Waals surface area (Å²) in [6.45, 7) is 5.38. The van der Waals surface area contributed by atoms with Crippen LogP contribution in [0.1, 0.15) is 39.3 Å². The molecule has 1 aromatic heterocycles. The summed E-state index contributed by atoms with van der Waals surface area (Å²) in [6.07, 6.45) is -0.214. The molecule has 3 aliphatic rings. The average Bonchev–Trinajstić information content (AvgIpc) is 3.22. The van der Waals surface area contributed by atoms with E-state index in [1.54, 1.807) is 62.0 Å². The van der Waals surface area contributed by atoms with Crippen LogP contribution in [0.5, 0.6) is 17.2 Å². The van der Waals surface area contributed by atoms with Gasteiger partial charge in [-0.25, -0.2) is 8.42 Å². The van der Waals surface area contributed by atoms with Crippen molar-refractivity contribution in [2.45, 2.75) is 50.8 Å². The van der Waals surface area contributed by atoms with E-state index in [2.05, 4.69) is 15.7 Å². The predicted octanol–water partition coefficient (Wildman–Crippen LogP) is 2.00. The third-order valence-electron chi connectivity index (χ3n) is 7.70. The second-order valence-corrected chi connectivity index (χ2v) is 12.4. The number of hydrogen-bond acceptors (Lipinski definition) is 8. The summed E-state index contributed by atoms with van der Waals surface area (Å²) in [7, 11) is -0.672. The van der Waals surface area contributed by atoms with Gasteiger partial charge in [0.05, 0.1) is 24.5 Å².